The third kappa shape index (κ3) is 3.81. The van der Waals surface area contributed by atoms with Gasteiger partial charge in [0.05, 0.1) is 6.26 Å². The lowest BCUT2D eigenvalue weighted by Gasteiger charge is -2.16. The molecular weight excluding hydrogens is 252 g/mol. The summed E-state index contributed by atoms with van der Waals surface area (Å²) in [6.07, 6.45) is 5.45. The van der Waals surface area contributed by atoms with E-state index in [9.17, 15) is 0 Å². The second-order valence-electron chi connectivity index (χ2n) is 5.29. The van der Waals surface area contributed by atoms with E-state index in [1.807, 2.05) is 37.3 Å². The first-order valence-corrected chi connectivity index (χ1v) is 6.84. The molecule has 0 bridgehead atoms. The summed E-state index contributed by atoms with van der Waals surface area (Å²) in [6.45, 7) is 7.74. The zero-order chi connectivity index (χ0) is 14.5. The van der Waals surface area contributed by atoms with Gasteiger partial charge in [-0.15, -0.1) is 0 Å². The molecule has 2 rings (SSSR count). The molecule has 0 aliphatic carbocycles. The van der Waals surface area contributed by atoms with Gasteiger partial charge < -0.3 is 14.6 Å². The van der Waals surface area contributed by atoms with Gasteiger partial charge in [-0.05, 0) is 13.0 Å². The average Bonchev–Trinajstić information content (AvgIpc) is 2.82. The van der Waals surface area contributed by atoms with Gasteiger partial charge in [0, 0.05) is 49.7 Å². The van der Waals surface area contributed by atoms with E-state index in [1.54, 1.807) is 6.26 Å². The molecule has 0 fully saturated rings. The van der Waals surface area contributed by atoms with Crippen LogP contribution in [0.4, 0.5) is 5.95 Å². The molecule has 0 amide bonds. The maximum atomic E-state index is 5.30. The van der Waals surface area contributed by atoms with Crippen LogP contribution in [0.25, 0.3) is 0 Å². The Balaban J connectivity index is 1.97. The molecule has 0 unspecified atom stereocenters. The Morgan fingerprint density at radius 1 is 1.30 bits per heavy atom. The molecule has 2 aromatic heterocycles. The summed E-state index contributed by atoms with van der Waals surface area (Å²) >= 11 is 0. The fourth-order valence-corrected chi connectivity index (χ4v) is 1.86. The minimum atomic E-state index is 0.460. The first kappa shape index (κ1) is 14.5. The first-order valence-electron chi connectivity index (χ1n) is 6.84. The standard InChI is InChI=1S/C15H22N4O/c1-11(2)16-7-13-8-17-15(18-9-13)19(4)10-14-5-6-20-12(14)3/h5-6,8-9,11,16H,7,10H2,1-4H3. The monoisotopic (exact) mass is 274 g/mol. The van der Waals surface area contributed by atoms with Gasteiger partial charge in [0.25, 0.3) is 0 Å². The van der Waals surface area contributed by atoms with Crippen LogP contribution in [0.3, 0.4) is 0 Å². The first-order chi connectivity index (χ1) is 9.56. The summed E-state index contributed by atoms with van der Waals surface area (Å²) in [6, 6.07) is 2.44. The highest BCUT2D eigenvalue weighted by Gasteiger charge is 2.08. The highest BCUT2D eigenvalue weighted by molar-refractivity contribution is 5.31. The van der Waals surface area contributed by atoms with Gasteiger partial charge in [0.15, 0.2) is 0 Å². The van der Waals surface area contributed by atoms with E-state index in [-0.39, 0.29) is 0 Å². The summed E-state index contributed by atoms with van der Waals surface area (Å²) in [7, 11) is 1.98. The Hall–Kier alpha value is -1.88. The Morgan fingerprint density at radius 2 is 2.00 bits per heavy atom. The van der Waals surface area contributed by atoms with Crippen LogP contribution in [0.15, 0.2) is 29.1 Å². The zero-order valence-corrected chi connectivity index (χ0v) is 12.6. The maximum Gasteiger partial charge on any atom is 0.225 e. The lowest BCUT2D eigenvalue weighted by atomic mass is 10.2. The van der Waals surface area contributed by atoms with Gasteiger partial charge in [-0.3, -0.25) is 0 Å². The summed E-state index contributed by atoms with van der Waals surface area (Å²) in [4.78, 5) is 10.8. The Bertz CT molecular complexity index is 533. The topological polar surface area (TPSA) is 54.2 Å². The second-order valence-corrected chi connectivity index (χ2v) is 5.29. The molecule has 0 aliphatic rings. The fourth-order valence-electron chi connectivity index (χ4n) is 1.86. The number of anilines is 1. The van der Waals surface area contributed by atoms with Crippen molar-refractivity contribution >= 4 is 5.95 Å². The van der Waals surface area contributed by atoms with E-state index >= 15 is 0 Å². The number of nitrogens with zero attached hydrogens (tertiary/aromatic N) is 3. The molecule has 0 radical (unpaired) electrons. The molecule has 5 heteroatoms. The molecule has 0 aliphatic heterocycles. The quantitative estimate of drug-likeness (QED) is 0.877. The van der Waals surface area contributed by atoms with E-state index in [0.29, 0.717) is 6.04 Å². The molecule has 0 aromatic carbocycles. The van der Waals surface area contributed by atoms with Crippen LogP contribution in [0.1, 0.15) is 30.7 Å². The fraction of sp³-hybridized carbons (Fsp3) is 0.467. The number of rotatable bonds is 6. The van der Waals surface area contributed by atoms with Gasteiger partial charge in [-0.25, -0.2) is 9.97 Å². The normalized spacial score (nSPS) is 11.1. The Labute approximate surface area is 120 Å². The van der Waals surface area contributed by atoms with Gasteiger partial charge >= 0.3 is 0 Å². The minimum Gasteiger partial charge on any atom is -0.469 e. The molecule has 0 spiro atoms. The summed E-state index contributed by atoms with van der Waals surface area (Å²) in [5, 5.41) is 3.35. The van der Waals surface area contributed by atoms with Crippen LogP contribution in [0, 0.1) is 6.92 Å². The van der Waals surface area contributed by atoms with Crippen molar-refractivity contribution in [2.75, 3.05) is 11.9 Å². The van der Waals surface area contributed by atoms with Gasteiger partial charge in [0.1, 0.15) is 5.76 Å². The zero-order valence-electron chi connectivity index (χ0n) is 12.6. The minimum absolute atomic E-state index is 0.460. The van der Waals surface area contributed by atoms with Crippen molar-refractivity contribution in [3.8, 4) is 0 Å². The number of aryl methyl sites for hydroxylation is 1. The lowest BCUT2D eigenvalue weighted by Crippen LogP contribution is -2.23. The molecule has 2 heterocycles. The van der Waals surface area contributed by atoms with Gasteiger partial charge in [-0.1, -0.05) is 13.8 Å². The number of hydrogen-bond acceptors (Lipinski definition) is 5. The van der Waals surface area contributed by atoms with E-state index in [1.165, 1.54) is 0 Å². The molecule has 0 atom stereocenters. The van der Waals surface area contributed by atoms with Crippen LogP contribution in [-0.4, -0.2) is 23.1 Å². The predicted octanol–water partition coefficient (Wildman–Crippen LogP) is 2.51. The molecule has 0 saturated heterocycles. The van der Waals surface area contributed by atoms with Crippen molar-refractivity contribution < 1.29 is 4.42 Å². The van der Waals surface area contributed by atoms with Crippen molar-refractivity contribution in [2.24, 2.45) is 0 Å². The number of hydrogen-bond donors (Lipinski definition) is 1. The smallest absolute Gasteiger partial charge is 0.225 e. The lowest BCUT2D eigenvalue weighted by molar-refractivity contribution is 0.529. The van der Waals surface area contributed by atoms with Crippen LogP contribution < -0.4 is 10.2 Å². The Kier molecular flexibility index (Phi) is 4.74. The van der Waals surface area contributed by atoms with Crippen LogP contribution in [0.5, 0.6) is 0 Å². The molecule has 5 nitrogen and oxygen atoms in total. The third-order valence-corrected chi connectivity index (χ3v) is 3.12. The molecule has 1 N–H and O–H groups in total. The van der Waals surface area contributed by atoms with Gasteiger partial charge in [-0.2, -0.15) is 0 Å². The molecule has 108 valence electrons. The van der Waals surface area contributed by atoms with Crippen LogP contribution in [0.2, 0.25) is 0 Å². The van der Waals surface area contributed by atoms with E-state index < -0.39 is 0 Å². The number of nitrogens with one attached hydrogen (secondary N) is 1. The number of aromatic nitrogens is 2. The molecule has 0 saturated carbocycles. The summed E-state index contributed by atoms with van der Waals surface area (Å²) < 4.78 is 5.30. The molecular formula is C15H22N4O. The summed E-state index contributed by atoms with van der Waals surface area (Å²) in [5.74, 6) is 1.66. The maximum absolute atomic E-state index is 5.30. The van der Waals surface area contributed by atoms with Crippen molar-refractivity contribution in [2.45, 2.75) is 39.9 Å². The van der Waals surface area contributed by atoms with Crippen molar-refractivity contribution in [3.05, 3.63) is 41.6 Å². The van der Waals surface area contributed by atoms with E-state index in [4.69, 9.17) is 4.42 Å². The SMILES string of the molecule is Cc1occc1CN(C)c1ncc(CNC(C)C)cn1. The van der Waals surface area contributed by atoms with E-state index in [0.717, 1.165) is 35.9 Å². The highest BCUT2D eigenvalue weighted by Crippen LogP contribution is 2.14. The van der Waals surface area contributed by atoms with Crippen molar-refractivity contribution in [1.29, 1.82) is 0 Å². The summed E-state index contributed by atoms with van der Waals surface area (Å²) in [5.41, 5.74) is 2.25. The average molecular weight is 274 g/mol. The second kappa shape index (κ2) is 6.52. The van der Waals surface area contributed by atoms with Crippen molar-refractivity contribution in [3.63, 3.8) is 0 Å². The molecule has 2 aromatic rings. The largest absolute Gasteiger partial charge is 0.469 e. The predicted molar refractivity (Wildman–Crippen MR) is 79.6 cm³/mol. The molecule has 20 heavy (non-hydrogen) atoms. The van der Waals surface area contributed by atoms with Crippen LogP contribution in [-0.2, 0) is 13.1 Å². The van der Waals surface area contributed by atoms with Crippen molar-refractivity contribution in [1.82, 2.24) is 15.3 Å². The Morgan fingerprint density at radius 3 is 2.55 bits per heavy atom. The number of furan rings is 1. The van der Waals surface area contributed by atoms with Gasteiger partial charge in [0.2, 0.25) is 5.95 Å². The highest BCUT2D eigenvalue weighted by atomic mass is 16.3. The van der Waals surface area contributed by atoms with E-state index in [2.05, 4.69) is 29.1 Å². The third-order valence-electron chi connectivity index (χ3n) is 3.12. The van der Waals surface area contributed by atoms with Crippen LogP contribution >= 0.6 is 0 Å².